The molecule has 0 saturated carbocycles. The van der Waals surface area contributed by atoms with Crippen LogP contribution in [0, 0.1) is 0 Å². The molecule has 0 aliphatic carbocycles. The fourth-order valence-electron chi connectivity index (χ4n) is 2.90. The van der Waals surface area contributed by atoms with Crippen molar-refractivity contribution in [2.45, 2.75) is 51.9 Å². The summed E-state index contributed by atoms with van der Waals surface area (Å²) in [5.74, 6) is -0.825. The SMILES string of the molecule is CCCCCCCCc1ccccc1C(=O)C(=O)c1ccccc1. The highest BCUT2D eigenvalue weighted by Gasteiger charge is 2.20. The predicted molar refractivity (Wildman–Crippen MR) is 98.6 cm³/mol. The molecule has 0 N–H and O–H groups in total. The van der Waals surface area contributed by atoms with Crippen molar-refractivity contribution in [2.24, 2.45) is 0 Å². The molecule has 0 aliphatic heterocycles. The van der Waals surface area contributed by atoms with E-state index in [1.807, 2.05) is 24.3 Å². The molecule has 24 heavy (non-hydrogen) atoms. The van der Waals surface area contributed by atoms with E-state index in [0.717, 1.165) is 18.4 Å². The number of aryl methyl sites for hydroxylation is 1. The lowest BCUT2D eigenvalue weighted by molar-refractivity contribution is 0.0816. The fraction of sp³-hybridized carbons (Fsp3) is 0.364. The summed E-state index contributed by atoms with van der Waals surface area (Å²) in [6.45, 7) is 2.21. The molecule has 0 spiro atoms. The van der Waals surface area contributed by atoms with Gasteiger partial charge >= 0.3 is 0 Å². The minimum Gasteiger partial charge on any atom is -0.285 e. The van der Waals surface area contributed by atoms with Gasteiger partial charge in [-0.3, -0.25) is 9.59 Å². The lowest BCUT2D eigenvalue weighted by Crippen LogP contribution is -2.16. The molecule has 0 radical (unpaired) electrons. The molecule has 0 amide bonds. The van der Waals surface area contributed by atoms with Crippen LogP contribution in [0.2, 0.25) is 0 Å². The highest BCUT2D eigenvalue weighted by Crippen LogP contribution is 2.16. The van der Waals surface area contributed by atoms with Crippen molar-refractivity contribution in [2.75, 3.05) is 0 Å². The summed E-state index contributed by atoms with van der Waals surface area (Å²) in [5.41, 5.74) is 2.00. The van der Waals surface area contributed by atoms with Crippen LogP contribution < -0.4 is 0 Å². The number of carbonyl (C=O) groups is 2. The van der Waals surface area contributed by atoms with Gasteiger partial charge in [-0.15, -0.1) is 0 Å². The largest absolute Gasteiger partial charge is 0.285 e. The van der Waals surface area contributed by atoms with E-state index < -0.39 is 11.6 Å². The van der Waals surface area contributed by atoms with Gasteiger partial charge in [0.1, 0.15) is 0 Å². The van der Waals surface area contributed by atoms with Crippen LogP contribution in [0.15, 0.2) is 54.6 Å². The highest BCUT2D eigenvalue weighted by molar-refractivity contribution is 6.49. The van der Waals surface area contributed by atoms with Crippen molar-refractivity contribution in [1.29, 1.82) is 0 Å². The molecule has 0 aromatic heterocycles. The second-order valence-electron chi connectivity index (χ2n) is 6.20. The molecule has 2 aromatic rings. The maximum Gasteiger partial charge on any atom is 0.233 e. The van der Waals surface area contributed by atoms with E-state index in [0.29, 0.717) is 11.1 Å². The van der Waals surface area contributed by atoms with Crippen LogP contribution >= 0.6 is 0 Å². The zero-order valence-electron chi connectivity index (χ0n) is 14.5. The lowest BCUT2D eigenvalue weighted by atomic mass is 9.94. The summed E-state index contributed by atoms with van der Waals surface area (Å²) in [7, 11) is 0. The Morgan fingerprint density at radius 1 is 0.708 bits per heavy atom. The Hall–Kier alpha value is -2.22. The van der Waals surface area contributed by atoms with Crippen LogP contribution in [-0.4, -0.2) is 11.6 Å². The maximum absolute atomic E-state index is 12.6. The number of benzene rings is 2. The van der Waals surface area contributed by atoms with Crippen molar-refractivity contribution in [3.05, 3.63) is 71.3 Å². The van der Waals surface area contributed by atoms with Gasteiger partial charge in [-0.25, -0.2) is 0 Å². The topological polar surface area (TPSA) is 34.1 Å². The Kier molecular flexibility index (Phi) is 7.41. The van der Waals surface area contributed by atoms with Crippen LogP contribution in [0.25, 0.3) is 0 Å². The number of unbranched alkanes of at least 4 members (excludes halogenated alkanes) is 5. The fourth-order valence-corrected chi connectivity index (χ4v) is 2.90. The maximum atomic E-state index is 12.6. The van der Waals surface area contributed by atoms with Crippen LogP contribution in [0.1, 0.15) is 71.7 Å². The van der Waals surface area contributed by atoms with E-state index in [9.17, 15) is 9.59 Å². The molecule has 2 nitrogen and oxygen atoms in total. The molecular formula is C22H26O2. The Balaban J connectivity index is 2.00. The Morgan fingerprint density at radius 3 is 2.08 bits per heavy atom. The van der Waals surface area contributed by atoms with Gasteiger partial charge in [0.25, 0.3) is 0 Å². The second kappa shape index (κ2) is 9.82. The summed E-state index contributed by atoms with van der Waals surface area (Å²) in [6.07, 6.45) is 8.16. The van der Waals surface area contributed by atoms with Crippen LogP contribution in [0.4, 0.5) is 0 Å². The Morgan fingerprint density at radius 2 is 1.33 bits per heavy atom. The first-order valence-corrected chi connectivity index (χ1v) is 8.96. The third kappa shape index (κ3) is 5.16. The van der Waals surface area contributed by atoms with E-state index in [-0.39, 0.29) is 0 Å². The van der Waals surface area contributed by atoms with Crippen molar-refractivity contribution in [3.63, 3.8) is 0 Å². The van der Waals surface area contributed by atoms with Gasteiger partial charge in [-0.05, 0) is 18.4 Å². The third-order valence-electron chi connectivity index (χ3n) is 4.30. The van der Waals surface area contributed by atoms with Crippen LogP contribution in [0.5, 0.6) is 0 Å². The summed E-state index contributed by atoms with van der Waals surface area (Å²) < 4.78 is 0. The number of Topliss-reactive ketones (excluding diaryl/α,β-unsaturated/α-hetero) is 2. The summed E-state index contributed by atoms with van der Waals surface area (Å²) >= 11 is 0. The molecule has 0 saturated heterocycles. The zero-order valence-corrected chi connectivity index (χ0v) is 14.5. The second-order valence-corrected chi connectivity index (χ2v) is 6.20. The van der Waals surface area contributed by atoms with Gasteiger partial charge in [-0.1, -0.05) is 93.6 Å². The molecule has 0 atom stereocenters. The van der Waals surface area contributed by atoms with Gasteiger partial charge in [0.2, 0.25) is 11.6 Å². The third-order valence-corrected chi connectivity index (χ3v) is 4.30. The molecule has 0 fully saturated rings. The average molecular weight is 322 g/mol. The molecule has 0 heterocycles. The van der Waals surface area contributed by atoms with Crippen molar-refractivity contribution < 1.29 is 9.59 Å². The molecule has 2 heteroatoms. The van der Waals surface area contributed by atoms with Gasteiger partial charge in [0.05, 0.1) is 0 Å². The van der Waals surface area contributed by atoms with Crippen LogP contribution in [0.3, 0.4) is 0 Å². The van der Waals surface area contributed by atoms with Gasteiger partial charge in [0, 0.05) is 11.1 Å². The molecule has 2 rings (SSSR count). The van der Waals surface area contributed by atoms with E-state index in [1.54, 1.807) is 30.3 Å². The molecule has 126 valence electrons. The van der Waals surface area contributed by atoms with E-state index >= 15 is 0 Å². The number of rotatable bonds is 10. The highest BCUT2D eigenvalue weighted by atomic mass is 16.2. The first-order chi connectivity index (χ1) is 11.7. The van der Waals surface area contributed by atoms with Gasteiger partial charge in [-0.2, -0.15) is 0 Å². The number of ketones is 2. The van der Waals surface area contributed by atoms with E-state index in [1.165, 1.54) is 32.1 Å². The minimum atomic E-state index is -0.425. The molecular weight excluding hydrogens is 296 g/mol. The Bertz CT molecular complexity index is 659. The van der Waals surface area contributed by atoms with Crippen molar-refractivity contribution >= 4 is 11.6 Å². The zero-order chi connectivity index (χ0) is 17.2. The van der Waals surface area contributed by atoms with E-state index in [4.69, 9.17) is 0 Å². The molecule has 0 unspecified atom stereocenters. The lowest BCUT2D eigenvalue weighted by Gasteiger charge is -2.08. The standard InChI is InChI=1S/C22H26O2/c1-2-3-4-5-6-8-13-18-14-11-12-17-20(18)22(24)21(23)19-15-9-7-10-16-19/h7,9-12,14-17H,2-6,8,13H2,1H3. The predicted octanol–water partition coefficient (Wildman–Crippen LogP) is 5.66. The van der Waals surface area contributed by atoms with Gasteiger partial charge in [0.15, 0.2) is 0 Å². The molecule has 0 aliphatic rings. The van der Waals surface area contributed by atoms with Crippen molar-refractivity contribution in [1.82, 2.24) is 0 Å². The normalized spacial score (nSPS) is 10.5. The number of hydrogen-bond acceptors (Lipinski definition) is 2. The summed E-state index contributed by atoms with van der Waals surface area (Å²) in [4.78, 5) is 25.0. The van der Waals surface area contributed by atoms with E-state index in [2.05, 4.69) is 6.92 Å². The quantitative estimate of drug-likeness (QED) is 0.321. The minimum absolute atomic E-state index is 0.400. The number of hydrogen-bond donors (Lipinski definition) is 0. The molecule has 2 aromatic carbocycles. The smallest absolute Gasteiger partial charge is 0.233 e. The van der Waals surface area contributed by atoms with Crippen LogP contribution in [-0.2, 0) is 6.42 Å². The summed E-state index contributed by atoms with van der Waals surface area (Å²) in [6, 6.07) is 16.3. The first kappa shape index (κ1) is 18.1. The molecule has 0 bridgehead atoms. The Labute approximate surface area is 144 Å². The number of carbonyl (C=O) groups excluding carboxylic acids is 2. The summed E-state index contributed by atoms with van der Waals surface area (Å²) in [5, 5.41) is 0. The van der Waals surface area contributed by atoms with Crippen molar-refractivity contribution in [3.8, 4) is 0 Å². The monoisotopic (exact) mass is 322 g/mol. The average Bonchev–Trinajstić information content (AvgIpc) is 2.64. The first-order valence-electron chi connectivity index (χ1n) is 8.96. The van der Waals surface area contributed by atoms with Gasteiger partial charge < -0.3 is 0 Å².